The van der Waals surface area contributed by atoms with Crippen molar-refractivity contribution in [3.05, 3.63) is 0 Å². The first kappa shape index (κ1) is 15.0. The number of hydrogen-bond acceptors (Lipinski definition) is 3. The highest BCUT2D eigenvalue weighted by molar-refractivity contribution is 5.79. The minimum Gasteiger partial charge on any atom is -0.359 e. The van der Waals surface area contributed by atoms with Gasteiger partial charge in [-0.15, -0.1) is 0 Å². The van der Waals surface area contributed by atoms with E-state index in [1.54, 1.807) is 7.05 Å². The van der Waals surface area contributed by atoms with Crippen LogP contribution in [-0.4, -0.2) is 49.4 Å². The fourth-order valence-corrected chi connectivity index (χ4v) is 2.22. The van der Waals surface area contributed by atoms with Gasteiger partial charge in [0.1, 0.15) is 0 Å². The molecule has 2 N–H and O–H groups in total. The van der Waals surface area contributed by atoms with E-state index >= 15 is 0 Å². The fourth-order valence-electron chi connectivity index (χ4n) is 2.22. The molecule has 104 valence electrons. The number of carbonyl (C=O) groups is 2. The van der Waals surface area contributed by atoms with Crippen molar-refractivity contribution in [3.8, 4) is 0 Å². The number of likely N-dealkylation sites (tertiary alicyclic amines) is 1. The van der Waals surface area contributed by atoms with E-state index in [0.717, 1.165) is 19.4 Å². The molecule has 1 aliphatic heterocycles. The predicted octanol–water partition coefficient (Wildman–Crippen LogP) is 0.359. The van der Waals surface area contributed by atoms with Crippen LogP contribution in [-0.2, 0) is 9.59 Å². The molecule has 0 saturated carbocycles. The molecule has 5 nitrogen and oxygen atoms in total. The second-order valence-corrected chi connectivity index (χ2v) is 5.13. The lowest BCUT2D eigenvalue weighted by atomic mass is 9.96. The molecule has 1 saturated heterocycles. The van der Waals surface area contributed by atoms with Crippen LogP contribution in [0.15, 0.2) is 0 Å². The molecule has 1 aliphatic rings. The van der Waals surface area contributed by atoms with Gasteiger partial charge in [-0.25, -0.2) is 0 Å². The van der Waals surface area contributed by atoms with Crippen molar-refractivity contribution in [1.29, 1.82) is 0 Å². The smallest absolute Gasteiger partial charge is 0.223 e. The molecule has 0 spiro atoms. The molecule has 1 fully saturated rings. The summed E-state index contributed by atoms with van der Waals surface area (Å²) in [5, 5.41) is 5.91. The van der Waals surface area contributed by atoms with Crippen LogP contribution >= 0.6 is 0 Å². The number of nitrogens with zero attached hydrogens (tertiary/aromatic N) is 1. The number of amides is 2. The molecule has 0 aliphatic carbocycles. The third-order valence-electron chi connectivity index (χ3n) is 3.36. The third kappa shape index (κ3) is 4.64. The van der Waals surface area contributed by atoms with Crippen LogP contribution in [0.5, 0.6) is 0 Å². The standard InChI is InChI=1S/C13H25N3O2/c1-10(2)15-7-4-12(17)16-8-5-11(6-9-16)13(18)14-3/h10-11,15H,4-9H2,1-3H3,(H,14,18). The van der Waals surface area contributed by atoms with E-state index in [4.69, 9.17) is 0 Å². The molecule has 0 radical (unpaired) electrons. The molecular weight excluding hydrogens is 230 g/mol. The van der Waals surface area contributed by atoms with Gasteiger partial charge in [0.2, 0.25) is 11.8 Å². The molecule has 18 heavy (non-hydrogen) atoms. The highest BCUT2D eigenvalue weighted by Crippen LogP contribution is 2.17. The molecule has 0 aromatic carbocycles. The van der Waals surface area contributed by atoms with Gasteiger partial charge in [0.15, 0.2) is 0 Å². The molecule has 0 bridgehead atoms. The van der Waals surface area contributed by atoms with Crippen LogP contribution in [0, 0.1) is 5.92 Å². The van der Waals surface area contributed by atoms with Crippen molar-refractivity contribution in [1.82, 2.24) is 15.5 Å². The van der Waals surface area contributed by atoms with E-state index in [0.29, 0.717) is 25.6 Å². The molecule has 1 heterocycles. The number of rotatable bonds is 5. The second-order valence-electron chi connectivity index (χ2n) is 5.13. The lowest BCUT2D eigenvalue weighted by molar-refractivity contribution is -0.135. The van der Waals surface area contributed by atoms with Crippen LogP contribution in [0.2, 0.25) is 0 Å². The van der Waals surface area contributed by atoms with Gasteiger partial charge >= 0.3 is 0 Å². The van der Waals surface area contributed by atoms with E-state index in [-0.39, 0.29) is 17.7 Å². The Labute approximate surface area is 109 Å². The summed E-state index contributed by atoms with van der Waals surface area (Å²) >= 11 is 0. The van der Waals surface area contributed by atoms with Gasteiger partial charge in [-0.3, -0.25) is 9.59 Å². The van der Waals surface area contributed by atoms with Crippen molar-refractivity contribution in [2.75, 3.05) is 26.7 Å². The molecule has 5 heteroatoms. The highest BCUT2D eigenvalue weighted by atomic mass is 16.2. The Morgan fingerprint density at radius 3 is 2.39 bits per heavy atom. The summed E-state index contributed by atoms with van der Waals surface area (Å²) in [6.45, 7) is 6.28. The van der Waals surface area contributed by atoms with Crippen LogP contribution in [0.4, 0.5) is 0 Å². The zero-order valence-corrected chi connectivity index (χ0v) is 11.7. The van der Waals surface area contributed by atoms with Gasteiger partial charge in [-0.05, 0) is 12.8 Å². The van der Waals surface area contributed by atoms with Crippen LogP contribution in [0.1, 0.15) is 33.1 Å². The van der Waals surface area contributed by atoms with Crippen LogP contribution < -0.4 is 10.6 Å². The lowest BCUT2D eigenvalue weighted by Crippen LogP contribution is -2.43. The van der Waals surface area contributed by atoms with E-state index in [9.17, 15) is 9.59 Å². The normalized spacial score (nSPS) is 17.0. The van der Waals surface area contributed by atoms with E-state index in [1.807, 2.05) is 4.90 Å². The average molecular weight is 255 g/mol. The van der Waals surface area contributed by atoms with Gasteiger partial charge in [0.25, 0.3) is 0 Å². The Bertz CT molecular complexity index is 284. The lowest BCUT2D eigenvalue weighted by Gasteiger charge is -2.31. The monoisotopic (exact) mass is 255 g/mol. The molecular formula is C13H25N3O2. The number of carbonyl (C=O) groups excluding carboxylic acids is 2. The quantitative estimate of drug-likeness (QED) is 0.745. The molecule has 0 aromatic heterocycles. The van der Waals surface area contributed by atoms with Gasteiger partial charge in [0, 0.05) is 45.1 Å². The average Bonchev–Trinajstić information content (AvgIpc) is 2.37. The summed E-state index contributed by atoms with van der Waals surface area (Å²) in [5.74, 6) is 0.370. The van der Waals surface area contributed by atoms with Gasteiger partial charge in [-0.2, -0.15) is 0 Å². The Morgan fingerprint density at radius 2 is 1.89 bits per heavy atom. The minimum atomic E-state index is 0.0767. The maximum Gasteiger partial charge on any atom is 0.223 e. The number of nitrogens with one attached hydrogen (secondary N) is 2. The van der Waals surface area contributed by atoms with E-state index in [1.165, 1.54) is 0 Å². The fraction of sp³-hybridized carbons (Fsp3) is 0.846. The minimum absolute atomic E-state index is 0.0767. The highest BCUT2D eigenvalue weighted by Gasteiger charge is 2.26. The summed E-state index contributed by atoms with van der Waals surface area (Å²) in [6, 6.07) is 0.414. The molecule has 0 aromatic rings. The first-order valence-electron chi connectivity index (χ1n) is 6.77. The predicted molar refractivity (Wildman–Crippen MR) is 71.1 cm³/mol. The van der Waals surface area contributed by atoms with Crippen molar-refractivity contribution in [2.45, 2.75) is 39.2 Å². The maximum absolute atomic E-state index is 11.9. The zero-order valence-electron chi connectivity index (χ0n) is 11.7. The summed E-state index contributed by atoms with van der Waals surface area (Å²) in [6.07, 6.45) is 2.11. The molecule has 0 atom stereocenters. The molecule has 0 unspecified atom stereocenters. The first-order valence-corrected chi connectivity index (χ1v) is 6.77. The van der Waals surface area contributed by atoms with Crippen LogP contribution in [0.3, 0.4) is 0 Å². The van der Waals surface area contributed by atoms with Gasteiger partial charge < -0.3 is 15.5 Å². The van der Waals surface area contributed by atoms with Gasteiger partial charge in [-0.1, -0.05) is 13.8 Å². The Balaban J connectivity index is 2.25. The largest absolute Gasteiger partial charge is 0.359 e. The van der Waals surface area contributed by atoms with Crippen molar-refractivity contribution >= 4 is 11.8 Å². The van der Waals surface area contributed by atoms with Crippen molar-refractivity contribution in [3.63, 3.8) is 0 Å². The van der Waals surface area contributed by atoms with E-state index in [2.05, 4.69) is 24.5 Å². The Kier molecular flexibility index (Phi) is 6.12. The number of hydrogen-bond donors (Lipinski definition) is 2. The SMILES string of the molecule is CNC(=O)C1CCN(C(=O)CCNC(C)C)CC1. The second kappa shape index (κ2) is 7.36. The molecule has 1 rings (SSSR count). The summed E-state index contributed by atoms with van der Waals surface area (Å²) < 4.78 is 0. The number of piperidine rings is 1. The maximum atomic E-state index is 11.9. The Morgan fingerprint density at radius 1 is 1.28 bits per heavy atom. The molecule has 2 amide bonds. The topological polar surface area (TPSA) is 61.4 Å². The summed E-state index contributed by atoms with van der Waals surface area (Å²) in [5.41, 5.74) is 0. The Hall–Kier alpha value is -1.10. The van der Waals surface area contributed by atoms with Crippen LogP contribution in [0.25, 0.3) is 0 Å². The van der Waals surface area contributed by atoms with E-state index < -0.39 is 0 Å². The zero-order chi connectivity index (χ0) is 13.5. The van der Waals surface area contributed by atoms with Crippen molar-refractivity contribution < 1.29 is 9.59 Å². The third-order valence-corrected chi connectivity index (χ3v) is 3.36. The van der Waals surface area contributed by atoms with Crippen molar-refractivity contribution in [2.24, 2.45) is 5.92 Å². The summed E-state index contributed by atoms with van der Waals surface area (Å²) in [4.78, 5) is 25.3. The van der Waals surface area contributed by atoms with Gasteiger partial charge in [0.05, 0.1) is 0 Å². The first-order chi connectivity index (χ1) is 8.54. The summed E-state index contributed by atoms with van der Waals surface area (Å²) in [7, 11) is 1.66.